The van der Waals surface area contributed by atoms with Crippen LogP contribution in [0.25, 0.3) is 0 Å². The van der Waals surface area contributed by atoms with Crippen LogP contribution in [0.1, 0.15) is 32.6 Å². The highest BCUT2D eigenvalue weighted by Gasteiger charge is 2.24. The summed E-state index contributed by atoms with van der Waals surface area (Å²) in [5.41, 5.74) is 0. The van der Waals surface area contributed by atoms with Crippen molar-refractivity contribution in [3.8, 4) is 0 Å². The Balaban J connectivity index is 1.74. The lowest BCUT2D eigenvalue weighted by atomic mass is 9.94. The quantitative estimate of drug-likeness (QED) is 0.795. The molecule has 1 N–H and O–H groups in total. The van der Waals surface area contributed by atoms with Crippen LogP contribution in [-0.2, 0) is 4.79 Å². The molecule has 1 fully saturated rings. The predicted octanol–water partition coefficient (Wildman–Crippen LogP) is 4.21. The summed E-state index contributed by atoms with van der Waals surface area (Å²) < 4.78 is 0. The number of hydrogen-bond donors (Lipinski definition) is 1. The molecule has 1 saturated carbocycles. The van der Waals surface area contributed by atoms with E-state index in [4.69, 9.17) is 0 Å². The molecule has 1 aliphatic carbocycles. The minimum atomic E-state index is 0.0601. The molecule has 2 rings (SSSR count). The molecule has 2 nitrogen and oxygen atoms in total. The van der Waals surface area contributed by atoms with Crippen molar-refractivity contribution in [2.24, 2.45) is 5.92 Å². The standard InChI is InChI=1S/C17H25NOS2/c1-13(12-21-15-8-4-3-5-9-15)17(19)18-14-7-6-10-16(11-14)20-2/h3-5,8-9,13-14,16H,6-7,10-12H2,1-2H3,(H,18,19). The van der Waals surface area contributed by atoms with Crippen LogP contribution < -0.4 is 5.32 Å². The lowest BCUT2D eigenvalue weighted by Crippen LogP contribution is -2.42. The molecule has 0 spiro atoms. The molecular weight excluding hydrogens is 298 g/mol. The summed E-state index contributed by atoms with van der Waals surface area (Å²) in [7, 11) is 0. The van der Waals surface area contributed by atoms with Gasteiger partial charge in [-0.05, 0) is 37.7 Å². The van der Waals surface area contributed by atoms with Gasteiger partial charge in [0.05, 0.1) is 0 Å². The van der Waals surface area contributed by atoms with Crippen molar-refractivity contribution in [3.63, 3.8) is 0 Å². The molecule has 0 saturated heterocycles. The van der Waals surface area contributed by atoms with E-state index in [1.165, 1.54) is 17.7 Å². The van der Waals surface area contributed by atoms with Gasteiger partial charge >= 0.3 is 0 Å². The number of nitrogens with one attached hydrogen (secondary N) is 1. The van der Waals surface area contributed by atoms with Gasteiger partial charge in [0.1, 0.15) is 0 Å². The minimum Gasteiger partial charge on any atom is -0.353 e. The Kier molecular flexibility index (Phi) is 6.97. The molecule has 1 aromatic carbocycles. The van der Waals surface area contributed by atoms with Crippen LogP contribution in [0.3, 0.4) is 0 Å². The highest BCUT2D eigenvalue weighted by atomic mass is 32.2. The molecule has 1 amide bonds. The zero-order chi connectivity index (χ0) is 15.1. The maximum atomic E-state index is 12.3. The van der Waals surface area contributed by atoms with Gasteiger partial charge in [-0.25, -0.2) is 0 Å². The van der Waals surface area contributed by atoms with Crippen LogP contribution >= 0.6 is 23.5 Å². The Bertz CT molecular complexity index is 438. The average Bonchev–Trinajstić information content (AvgIpc) is 2.53. The molecule has 1 aliphatic rings. The van der Waals surface area contributed by atoms with Crippen molar-refractivity contribution in [3.05, 3.63) is 30.3 Å². The van der Waals surface area contributed by atoms with Crippen molar-refractivity contribution in [2.45, 2.75) is 48.8 Å². The highest BCUT2D eigenvalue weighted by Crippen LogP contribution is 2.27. The average molecular weight is 324 g/mol. The molecule has 3 atom stereocenters. The first kappa shape index (κ1) is 16.8. The molecule has 0 heterocycles. The summed E-state index contributed by atoms with van der Waals surface area (Å²) in [6.45, 7) is 2.03. The van der Waals surface area contributed by atoms with Gasteiger partial charge in [-0.15, -0.1) is 11.8 Å². The summed E-state index contributed by atoms with van der Waals surface area (Å²) in [5.74, 6) is 1.11. The monoisotopic (exact) mass is 323 g/mol. The van der Waals surface area contributed by atoms with E-state index in [0.29, 0.717) is 6.04 Å². The second-order valence-electron chi connectivity index (χ2n) is 5.75. The summed E-state index contributed by atoms with van der Waals surface area (Å²) in [6.07, 6.45) is 6.98. The zero-order valence-corrected chi connectivity index (χ0v) is 14.5. The zero-order valence-electron chi connectivity index (χ0n) is 12.9. The van der Waals surface area contributed by atoms with Crippen molar-refractivity contribution < 1.29 is 4.79 Å². The molecule has 4 heteroatoms. The summed E-state index contributed by atoms with van der Waals surface area (Å²) in [6, 6.07) is 10.7. The predicted molar refractivity (Wildman–Crippen MR) is 94.0 cm³/mol. The largest absolute Gasteiger partial charge is 0.353 e. The van der Waals surface area contributed by atoms with E-state index in [1.807, 2.05) is 36.9 Å². The van der Waals surface area contributed by atoms with Crippen LogP contribution in [0.2, 0.25) is 0 Å². The fourth-order valence-electron chi connectivity index (χ4n) is 2.65. The van der Waals surface area contributed by atoms with E-state index in [1.54, 1.807) is 11.8 Å². The third kappa shape index (κ3) is 5.59. The molecule has 0 bridgehead atoms. The molecule has 0 aliphatic heterocycles. The third-order valence-electron chi connectivity index (χ3n) is 4.00. The molecule has 3 unspecified atom stereocenters. The summed E-state index contributed by atoms with van der Waals surface area (Å²) >= 11 is 3.70. The van der Waals surface area contributed by atoms with Crippen molar-refractivity contribution in [1.29, 1.82) is 0 Å². The fourth-order valence-corrected chi connectivity index (χ4v) is 4.42. The second-order valence-corrected chi connectivity index (χ2v) is 7.99. The fraction of sp³-hybridized carbons (Fsp3) is 0.588. The molecule has 21 heavy (non-hydrogen) atoms. The van der Waals surface area contributed by atoms with Gasteiger partial charge in [-0.1, -0.05) is 31.5 Å². The van der Waals surface area contributed by atoms with Gasteiger partial charge in [0.2, 0.25) is 5.91 Å². The topological polar surface area (TPSA) is 29.1 Å². The molecule has 0 radical (unpaired) electrons. The van der Waals surface area contributed by atoms with Crippen molar-refractivity contribution in [1.82, 2.24) is 5.32 Å². The van der Waals surface area contributed by atoms with E-state index < -0.39 is 0 Å². The maximum absolute atomic E-state index is 12.3. The van der Waals surface area contributed by atoms with Gasteiger partial charge in [0.15, 0.2) is 0 Å². The molecule has 116 valence electrons. The first-order chi connectivity index (χ1) is 10.2. The van der Waals surface area contributed by atoms with Crippen molar-refractivity contribution in [2.75, 3.05) is 12.0 Å². The number of carbonyl (C=O) groups is 1. The van der Waals surface area contributed by atoms with E-state index in [2.05, 4.69) is 23.7 Å². The number of rotatable bonds is 6. The van der Waals surface area contributed by atoms with E-state index in [0.717, 1.165) is 23.8 Å². The maximum Gasteiger partial charge on any atom is 0.223 e. The number of benzene rings is 1. The highest BCUT2D eigenvalue weighted by molar-refractivity contribution is 7.99. The minimum absolute atomic E-state index is 0.0601. The lowest BCUT2D eigenvalue weighted by Gasteiger charge is -2.29. The molecule has 0 aromatic heterocycles. The Morgan fingerprint density at radius 1 is 1.33 bits per heavy atom. The lowest BCUT2D eigenvalue weighted by molar-refractivity contribution is -0.124. The van der Waals surface area contributed by atoms with Crippen LogP contribution in [0.15, 0.2) is 35.2 Å². The first-order valence-electron chi connectivity index (χ1n) is 7.70. The van der Waals surface area contributed by atoms with Crippen LogP contribution in [0, 0.1) is 5.92 Å². The number of carbonyl (C=O) groups excluding carboxylic acids is 1. The molecule has 1 aromatic rings. The smallest absolute Gasteiger partial charge is 0.223 e. The Hall–Kier alpha value is -0.610. The van der Waals surface area contributed by atoms with Gasteiger partial charge in [0, 0.05) is 27.9 Å². The van der Waals surface area contributed by atoms with Gasteiger partial charge in [-0.2, -0.15) is 11.8 Å². The first-order valence-corrected chi connectivity index (χ1v) is 9.97. The van der Waals surface area contributed by atoms with Crippen LogP contribution in [0.4, 0.5) is 0 Å². The Morgan fingerprint density at radius 2 is 2.10 bits per heavy atom. The number of amides is 1. The van der Waals surface area contributed by atoms with Gasteiger partial charge in [-0.3, -0.25) is 4.79 Å². The third-order valence-corrected chi connectivity index (χ3v) is 6.36. The number of thioether (sulfide) groups is 2. The van der Waals surface area contributed by atoms with Crippen molar-refractivity contribution >= 4 is 29.4 Å². The number of hydrogen-bond acceptors (Lipinski definition) is 3. The summed E-state index contributed by atoms with van der Waals surface area (Å²) in [5, 5.41) is 3.97. The Morgan fingerprint density at radius 3 is 2.81 bits per heavy atom. The van der Waals surface area contributed by atoms with E-state index in [-0.39, 0.29) is 11.8 Å². The SMILES string of the molecule is CSC1CCCC(NC(=O)C(C)CSc2ccccc2)C1. The van der Waals surface area contributed by atoms with Gasteiger partial charge in [0.25, 0.3) is 0 Å². The summed E-state index contributed by atoms with van der Waals surface area (Å²) in [4.78, 5) is 13.5. The normalized spacial score (nSPS) is 23.5. The Labute approximate surface area is 136 Å². The van der Waals surface area contributed by atoms with Crippen LogP contribution in [-0.4, -0.2) is 29.2 Å². The van der Waals surface area contributed by atoms with E-state index in [9.17, 15) is 4.79 Å². The van der Waals surface area contributed by atoms with Crippen LogP contribution in [0.5, 0.6) is 0 Å². The van der Waals surface area contributed by atoms with Gasteiger partial charge < -0.3 is 5.32 Å². The van der Waals surface area contributed by atoms with E-state index >= 15 is 0 Å². The molecular formula is C17H25NOS2. The second kappa shape index (κ2) is 8.74.